The lowest BCUT2D eigenvalue weighted by Crippen LogP contribution is -2.30. The van der Waals surface area contributed by atoms with Crippen LogP contribution in [0, 0.1) is 0 Å². The van der Waals surface area contributed by atoms with Gasteiger partial charge in [0, 0.05) is 19.3 Å². The third-order valence-electron chi connectivity index (χ3n) is 16.0. The zero-order chi connectivity index (χ0) is 55.7. The van der Waals surface area contributed by atoms with E-state index in [4.69, 9.17) is 14.2 Å². The summed E-state index contributed by atoms with van der Waals surface area (Å²) in [5, 5.41) is 0. The van der Waals surface area contributed by atoms with E-state index < -0.39 is 6.10 Å². The van der Waals surface area contributed by atoms with Crippen molar-refractivity contribution in [3.8, 4) is 0 Å². The lowest BCUT2D eigenvalue weighted by Gasteiger charge is -2.18. The van der Waals surface area contributed by atoms with E-state index in [0.717, 1.165) is 70.6 Å². The van der Waals surface area contributed by atoms with Gasteiger partial charge in [0.2, 0.25) is 0 Å². The van der Waals surface area contributed by atoms with Gasteiger partial charge in [-0.1, -0.05) is 347 Å². The fourth-order valence-electron chi connectivity index (χ4n) is 10.7. The van der Waals surface area contributed by atoms with E-state index in [-0.39, 0.29) is 31.1 Å². The maximum Gasteiger partial charge on any atom is 0.306 e. The van der Waals surface area contributed by atoms with Crippen LogP contribution in [-0.2, 0) is 28.6 Å². The second-order valence-corrected chi connectivity index (χ2v) is 23.8. The monoisotopic (exact) mass is 1080 g/mol. The largest absolute Gasteiger partial charge is 0.462 e. The first-order valence-corrected chi connectivity index (χ1v) is 34.8. The Hall–Kier alpha value is -2.11. The average Bonchev–Trinajstić information content (AvgIpc) is 3.43. The topological polar surface area (TPSA) is 78.9 Å². The van der Waals surface area contributed by atoms with E-state index in [1.165, 1.54) is 283 Å². The number of allylic oxidation sites excluding steroid dienone is 4. The summed E-state index contributed by atoms with van der Waals surface area (Å²) in [4.78, 5) is 38.4. The lowest BCUT2D eigenvalue weighted by atomic mass is 10.0. The number of rotatable bonds is 65. The van der Waals surface area contributed by atoms with E-state index in [2.05, 4.69) is 45.1 Å². The zero-order valence-electron chi connectivity index (χ0n) is 52.3. The standard InChI is InChI=1S/C71H134O6/c1-4-7-10-13-16-19-22-25-28-30-31-32-33-34-35-36-37-38-39-40-42-43-46-49-52-55-58-61-64-70(73)76-67-68(66-75-69(72)63-60-57-54-51-48-45-27-24-21-18-15-12-9-6-3)77-71(74)65-62-59-56-53-50-47-44-41-29-26-23-20-17-14-11-8-5-2/h17,20,26,29,68H,4-16,18-19,21-25,27-28,30-67H2,1-3H3/b20-17-,29-26-. The number of esters is 3. The molecule has 6 heteroatoms. The van der Waals surface area contributed by atoms with Gasteiger partial charge in [0.25, 0.3) is 0 Å². The van der Waals surface area contributed by atoms with E-state index >= 15 is 0 Å². The third-order valence-corrected chi connectivity index (χ3v) is 16.0. The van der Waals surface area contributed by atoms with Crippen LogP contribution in [0.4, 0.5) is 0 Å². The molecule has 454 valence electrons. The van der Waals surface area contributed by atoms with Crippen LogP contribution in [0.2, 0.25) is 0 Å². The molecule has 0 heterocycles. The van der Waals surface area contributed by atoms with Crippen molar-refractivity contribution in [2.75, 3.05) is 13.2 Å². The van der Waals surface area contributed by atoms with Crippen LogP contribution in [0.5, 0.6) is 0 Å². The van der Waals surface area contributed by atoms with Gasteiger partial charge in [0.1, 0.15) is 13.2 Å². The smallest absolute Gasteiger partial charge is 0.306 e. The minimum atomic E-state index is -0.772. The van der Waals surface area contributed by atoms with Crippen LogP contribution in [0.25, 0.3) is 0 Å². The minimum Gasteiger partial charge on any atom is -0.462 e. The molecule has 0 aliphatic carbocycles. The quantitative estimate of drug-likeness (QED) is 0.0261. The van der Waals surface area contributed by atoms with Crippen LogP contribution in [0.1, 0.15) is 393 Å². The zero-order valence-corrected chi connectivity index (χ0v) is 52.3. The Morgan fingerprint density at radius 3 is 0.740 bits per heavy atom. The van der Waals surface area contributed by atoms with Gasteiger partial charge in [-0.15, -0.1) is 0 Å². The van der Waals surface area contributed by atoms with Crippen molar-refractivity contribution >= 4 is 17.9 Å². The first-order valence-electron chi connectivity index (χ1n) is 34.8. The Kier molecular flexibility index (Phi) is 64.6. The molecule has 1 atom stereocenters. The van der Waals surface area contributed by atoms with Crippen LogP contribution in [0.3, 0.4) is 0 Å². The maximum atomic E-state index is 12.9. The fourth-order valence-corrected chi connectivity index (χ4v) is 10.7. The van der Waals surface area contributed by atoms with Crippen molar-refractivity contribution < 1.29 is 28.6 Å². The van der Waals surface area contributed by atoms with Gasteiger partial charge in [-0.25, -0.2) is 0 Å². The molecule has 0 fully saturated rings. The first kappa shape index (κ1) is 74.9. The van der Waals surface area contributed by atoms with Gasteiger partial charge >= 0.3 is 17.9 Å². The molecule has 0 radical (unpaired) electrons. The molecular formula is C71H134O6. The van der Waals surface area contributed by atoms with E-state index in [1.807, 2.05) is 0 Å². The van der Waals surface area contributed by atoms with Crippen molar-refractivity contribution in [2.45, 2.75) is 399 Å². The second kappa shape index (κ2) is 66.4. The molecule has 0 N–H and O–H groups in total. The molecule has 0 saturated heterocycles. The molecule has 0 aromatic heterocycles. The highest BCUT2D eigenvalue weighted by molar-refractivity contribution is 5.71. The van der Waals surface area contributed by atoms with Crippen molar-refractivity contribution in [1.82, 2.24) is 0 Å². The molecular weight excluding hydrogens is 949 g/mol. The second-order valence-electron chi connectivity index (χ2n) is 23.8. The Balaban J connectivity index is 4.18. The summed E-state index contributed by atoms with van der Waals surface area (Å²) in [6.07, 6.45) is 80.7. The molecule has 0 spiro atoms. The Morgan fingerprint density at radius 1 is 0.260 bits per heavy atom. The molecule has 0 amide bonds. The molecule has 0 bridgehead atoms. The Morgan fingerprint density at radius 2 is 0.468 bits per heavy atom. The highest BCUT2D eigenvalue weighted by Crippen LogP contribution is 2.19. The Bertz CT molecular complexity index is 1240. The van der Waals surface area contributed by atoms with Gasteiger partial charge in [-0.3, -0.25) is 14.4 Å². The highest BCUT2D eigenvalue weighted by atomic mass is 16.6. The Labute approximate surface area is 481 Å². The van der Waals surface area contributed by atoms with Crippen molar-refractivity contribution in [3.05, 3.63) is 24.3 Å². The van der Waals surface area contributed by atoms with Crippen LogP contribution in [-0.4, -0.2) is 37.2 Å². The molecule has 77 heavy (non-hydrogen) atoms. The SMILES string of the molecule is CCCCC/C=C\C/C=C\CCCCCCCCCC(=O)OC(COC(=O)CCCCCCCCCCCCCCCC)COC(=O)CCCCCCCCCCCCCCCCCCCCCCCCCCCCCC. The predicted octanol–water partition coefficient (Wildman–Crippen LogP) is 23.8. The molecule has 0 saturated carbocycles. The molecule has 0 aliphatic heterocycles. The lowest BCUT2D eigenvalue weighted by molar-refractivity contribution is -0.167. The molecule has 6 nitrogen and oxygen atoms in total. The predicted molar refractivity (Wildman–Crippen MR) is 335 cm³/mol. The van der Waals surface area contributed by atoms with Gasteiger partial charge in [-0.05, 0) is 51.4 Å². The molecule has 0 rings (SSSR count). The summed E-state index contributed by atoms with van der Waals surface area (Å²) in [5.74, 6) is -0.845. The summed E-state index contributed by atoms with van der Waals surface area (Å²) < 4.78 is 17.0. The third kappa shape index (κ3) is 64.6. The molecule has 0 aliphatic rings. The van der Waals surface area contributed by atoms with E-state index in [1.54, 1.807) is 0 Å². The summed E-state index contributed by atoms with van der Waals surface area (Å²) in [7, 11) is 0. The summed E-state index contributed by atoms with van der Waals surface area (Å²) in [6.45, 7) is 6.69. The van der Waals surface area contributed by atoms with Crippen LogP contribution >= 0.6 is 0 Å². The minimum absolute atomic E-state index is 0.0683. The summed E-state index contributed by atoms with van der Waals surface area (Å²) in [5.41, 5.74) is 0. The average molecular weight is 1080 g/mol. The number of hydrogen-bond acceptors (Lipinski definition) is 6. The van der Waals surface area contributed by atoms with Crippen LogP contribution in [0.15, 0.2) is 24.3 Å². The molecule has 0 aromatic rings. The highest BCUT2D eigenvalue weighted by Gasteiger charge is 2.19. The number of carbonyl (C=O) groups is 3. The number of hydrogen-bond donors (Lipinski definition) is 0. The number of unbranched alkanes of at least 4 members (excludes halogenated alkanes) is 50. The fraction of sp³-hybridized carbons (Fsp3) is 0.901. The van der Waals surface area contributed by atoms with Crippen molar-refractivity contribution in [3.63, 3.8) is 0 Å². The van der Waals surface area contributed by atoms with Crippen molar-refractivity contribution in [1.29, 1.82) is 0 Å². The van der Waals surface area contributed by atoms with E-state index in [9.17, 15) is 14.4 Å². The van der Waals surface area contributed by atoms with Gasteiger partial charge in [0.15, 0.2) is 6.10 Å². The van der Waals surface area contributed by atoms with Crippen LogP contribution < -0.4 is 0 Å². The summed E-state index contributed by atoms with van der Waals surface area (Å²) >= 11 is 0. The van der Waals surface area contributed by atoms with Crippen molar-refractivity contribution in [2.24, 2.45) is 0 Å². The maximum absolute atomic E-state index is 12.9. The first-order chi connectivity index (χ1) is 38.0. The number of carbonyl (C=O) groups excluding carboxylic acids is 3. The molecule has 1 unspecified atom stereocenters. The van der Waals surface area contributed by atoms with Gasteiger partial charge in [0.05, 0.1) is 0 Å². The van der Waals surface area contributed by atoms with Gasteiger partial charge in [-0.2, -0.15) is 0 Å². The normalized spacial score (nSPS) is 12.1. The summed E-state index contributed by atoms with van der Waals surface area (Å²) in [6, 6.07) is 0. The van der Waals surface area contributed by atoms with E-state index in [0.29, 0.717) is 19.3 Å². The van der Waals surface area contributed by atoms with Gasteiger partial charge < -0.3 is 14.2 Å². The molecule has 0 aromatic carbocycles. The number of ether oxygens (including phenoxy) is 3.